The minimum absolute atomic E-state index is 0.0151. The summed E-state index contributed by atoms with van der Waals surface area (Å²) in [6.07, 6.45) is 3.23. The van der Waals surface area contributed by atoms with E-state index in [1.807, 2.05) is 17.9 Å². The maximum atomic E-state index is 13.4. The average molecular weight is 335 g/mol. The summed E-state index contributed by atoms with van der Waals surface area (Å²) in [5.41, 5.74) is 0.852. The number of nitrogens with zero attached hydrogens (tertiary/aromatic N) is 1. The Morgan fingerprint density at radius 3 is 2.79 bits per heavy atom. The number of benzene rings is 1. The molecule has 2 saturated heterocycles. The Morgan fingerprint density at radius 1 is 1.33 bits per heavy atom. The van der Waals surface area contributed by atoms with Gasteiger partial charge in [-0.05, 0) is 50.3 Å². The standard InChI is InChI=1S/C19H26FNO3/c1-13(11-15-6-4-7-16(20)12-15)18(22)21-14(2)5-3-8-17(21)19-23-9-10-24-19/h4,6-7,12-14,17,19H,3,5,8-11H2,1-2H3/t13?,14-,17-/m0/s1. The van der Waals surface area contributed by atoms with E-state index in [0.717, 1.165) is 24.8 Å². The maximum absolute atomic E-state index is 13.4. The summed E-state index contributed by atoms with van der Waals surface area (Å²) in [5, 5.41) is 0. The predicted molar refractivity (Wildman–Crippen MR) is 88.9 cm³/mol. The van der Waals surface area contributed by atoms with Crippen molar-refractivity contribution in [3.8, 4) is 0 Å². The zero-order valence-corrected chi connectivity index (χ0v) is 14.4. The lowest BCUT2D eigenvalue weighted by atomic mass is 9.92. The topological polar surface area (TPSA) is 38.8 Å². The Hall–Kier alpha value is -1.46. The van der Waals surface area contributed by atoms with Crippen LogP contribution in [0.15, 0.2) is 24.3 Å². The van der Waals surface area contributed by atoms with E-state index in [1.165, 1.54) is 12.1 Å². The van der Waals surface area contributed by atoms with Gasteiger partial charge in [-0.3, -0.25) is 4.79 Å². The van der Waals surface area contributed by atoms with Crippen LogP contribution in [0.3, 0.4) is 0 Å². The summed E-state index contributed by atoms with van der Waals surface area (Å²) in [4.78, 5) is 15.0. The molecule has 2 aliphatic heterocycles. The van der Waals surface area contributed by atoms with E-state index < -0.39 is 0 Å². The van der Waals surface area contributed by atoms with Crippen LogP contribution in [0.5, 0.6) is 0 Å². The molecule has 0 spiro atoms. The Morgan fingerprint density at radius 2 is 2.08 bits per heavy atom. The minimum atomic E-state index is -0.307. The van der Waals surface area contributed by atoms with Gasteiger partial charge in [0.1, 0.15) is 5.82 Å². The van der Waals surface area contributed by atoms with Gasteiger partial charge >= 0.3 is 0 Å². The Labute approximate surface area is 142 Å². The molecule has 4 nitrogen and oxygen atoms in total. The molecule has 24 heavy (non-hydrogen) atoms. The lowest BCUT2D eigenvalue weighted by Gasteiger charge is -2.43. The van der Waals surface area contributed by atoms with Crippen LogP contribution in [0.1, 0.15) is 38.7 Å². The maximum Gasteiger partial charge on any atom is 0.226 e. The number of carbonyl (C=O) groups is 1. The van der Waals surface area contributed by atoms with Crippen molar-refractivity contribution in [2.24, 2.45) is 5.92 Å². The number of rotatable bonds is 4. The Kier molecular flexibility index (Phi) is 5.51. The normalized spacial score (nSPS) is 26.5. The zero-order valence-electron chi connectivity index (χ0n) is 14.4. The smallest absolute Gasteiger partial charge is 0.226 e. The SMILES string of the molecule is CC(Cc1cccc(F)c1)C(=O)N1[C@@H](C)CCC[C@H]1C1OCCO1. The second-order valence-electron chi connectivity index (χ2n) is 6.94. The quantitative estimate of drug-likeness (QED) is 0.848. The number of halogens is 1. The molecule has 1 aromatic rings. The fraction of sp³-hybridized carbons (Fsp3) is 0.632. The highest BCUT2D eigenvalue weighted by Crippen LogP contribution is 2.30. The van der Waals surface area contributed by atoms with Crippen molar-refractivity contribution in [2.75, 3.05) is 13.2 Å². The molecule has 0 aliphatic carbocycles. The van der Waals surface area contributed by atoms with Crippen molar-refractivity contribution in [3.63, 3.8) is 0 Å². The van der Waals surface area contributed by atoms with Crippen molar-refractivity contribution >= 4 is 5.91 Å². The molecular formula is C19H26FNO3. The zero-order chi connectivity index (χ0) is 17.1. The molecule has 1 aromatic carbocycles. The highest BCUT2D eigenvalue weighted by atomic mass is 19.1. The molecule has 0 aromatic heterocycles. The summed E-state index contributed by atoms with van der Waals surface area (Å²) < 4.78 is 24.7. The monoisotopic (exact) mass is 335 g/mol. The van der Waals surface area contributed by atoms with Gasteiger partial charge in [0.25, 0.3) is 0 Å². The molecule has 1 unspecified atom stereocenters. The van der Waals surface area contributed by atoms with E-state index in [0.29, 0.717) is 19.6 Å². The molecule has 0 radical (unpaired) electrons. The first-order valence-electron chi connectivity index (χ1n) is 8.86. The van der Waals surface area contributed by atoms with E-state index in [4.69, 9.17) is 9.47 Å². The van der Waals surface area contributed by atoms with Gasteiger partial charge in [-0.1, -0.05) is 19.1 Å². The van der Waals surface area contributed by atoms with Gasteiger partial charge in [-0.2, -0.15) is 0 Å². The summed E-state index contributed by atoms with van der Waals surface area (Å²) in [6, 6.07) is 6.65. The fourth-order valence-electron chi connectivity index (χ4n) is 3.83. The van der Waals surface area contributed by atoms with Crippen molar-refractivity contribution in [1.82, 2.24) is 4.90 Å². The van der Waals surface area contributed by atoms with E-state index in [9.17, 15) is 9.18 Å². The third-order valence-electron chi connectivity index (χ3n) is 5.02. The first kappa shape index (κ1) is 17.4. The molecule has 2 aliphatic rings. The summed E-state index contributed by atoms with van der Waals surface area (Å²) in [6.45, 7) is 5.20. The van der Waals surface area contributed by atoms with Gasteiger partial charge < -0.3 is 14.4 Å². The second kappa shape index (κ2) is 7.62. The second-order valence-corrected chi connectivity index (χ2v) is 6.94. The van der Waals surface area contributed by atoms with E-state index >= 15 is 0 Å². The minimum Gasteiger partial charge on any atom is -0.348 e. The van der Waals surface area contributed by atoms with Crippen LogP contribution < -0.4 is 0 Å². The van der Waals surface area contributed by atoms with Gasteiger partial charge in [-0.25, -0.2) is 4.39 Å². The van der Waals surface area contributed by atoms with Crippen LogP contribution >= 0.6 is 0 Å². The van der Waals surface area contributed by atoms with Crippen molar-refractivity contribution in [2.45, 2.75) is 57.9 Å². The molecule has 0 bridgehead atoms. The molecule has 3 atom stereocenters. The largest absolute Gasteiger partial charge is 0.348 e. The van der Waals surface area contributed by atoms with Crippen LogP contribution in [0.2, 0.25) is 0 Å². The number of hydrogen-bond donors (Lipinski definition) is 0. The molecule has 0 saturated carbocycles. The molecule has 3 rings (SSSR count). The highest BCUT2D eigenvalue weighted by Gasteiger charge is 2.40. The lowest BCUT2D eigenvalue weighted by molar-refractivity contribution is -0.159. The van der Waals surface area contributed by atoms with Crippen molar-refractivity contribution < 1.29 is 18.7 Å². The van der Waals surface area contributed by atoms with Gasteiger partial charge in [0.2, 0.25) is 5.91 Å². The van der Waals surface area contributed by atoms with E-state index in [2.05, 4.69) is 6.92 Å². The number of hydrogen-bond acceptors (Lipinski definition) is 3. The molecule has 0 N–H and O–H groups in total. The Bertz CT molecular complexity index is 573. The molecule has 2 heterocycles. The number of carbonyl (C=O) groups excluding carboxylic acids is 1. The van der Waals surface area contributed by atoms with E-state index in [-0.39, 0.29) is 36.0 Å². The summed E-state index contributed by atoms with van der Waals surface area (Å²) >= 11 is 0. The van der Waals surface area contributed by atoms with Crippen LogP contribution in [-0.2, 0) is 20.7 Å². The lowest BCUT2D eigenvalue weighted by Crippen LogP contribution is -2.55. The number of piperidine rings is 1. The number of amides is 1. The fourth-order valence-corrected chi connectivity index (χ4v) is 3.83. The van der Waals surface area contributed by atoms with Crippen LogP contribution in [0.25, 0.3) is 0 Å². The highest BCUT2D eigenvalue weighted by molar-refractivity contribution is 5.79. The van der Waals surface area contributed by atoms with Gasteiger partial charge in [0.15, 0.2) is 6.29 Å². The van der Waals surface area contributed by atoms with Crippen molar-refractivity contribution in [1.29, 1.82) is 0 Å². The molecule has 132 valence electrons. The third kappa shape index (κ3) is 3.78. The van der Waals surface area contributed by atoms with Gasteiger partial charge in [-0.15, -0.1) is 0 Å². The molecule has 1 amide bonds. The Balaban J connectivity index is 1.72. The molecule has 5 heteroatoms. The third-order valence-corrected chi connectivity index (χ3v) is 5.02. The van der Waals surface area contributed by atoms with Crippen molar-refractivity contribution in [3.05, 3.63) is 35.6 Å². The first-order chi connectivity index (χ1) is 11.6. The first-order valence-corrected chi connectivity index (χ1v) is 8.86. The molecule has 2 fully saturated rings. The van der Waals surface area contributed by atoms with Gasteiger partial charge in [0, 0.05) is 12.0 Å². The summed E-state index contributed by atoms with van der Waals surface area (Å²) in [5.74, 6) is -0.351. The van der Waals surface area contributed by atoms with Crippen LogP contribution in [0, 0.1) is 11.7 Å². The summed E-state index contributed by atoms with van der Waals surface area (Å²) in [7, 11) is 0. The van der Waals surface area contributed by atoms with Crippen LogP contribution in [0.4, 0.5) is 4.39 Å². The number of likely N-dealkylation sites (tertiary alicyclic amines) is 1. The predicted octanol–water partition coefficient (Wildman–Crippen LogP) is 3.15. The number of ether oxygens (including phenoxy) is 2. The van der Waals surface area contributed by atoms with Crippen LogP contribution in [-0.4, -0.2) is 42.4 Å². The van der Waals surface area contributed by atoms with Gasteiger partial charge in [0.05, 0.1) is 19.3 Å². The van der Waals surface area contributed by atoms with E-state index in [1.54, 1.807) is 6.07 Å². The average Bonchev–Trinajstić information content (AvgIpc) is 3.08. The molecular weight excluding hydrogens is 309 g/mol.